The zero-order valence-electron chi connectivity index (χ0n) is 19.3. The smallest absolute Gasteiger partial charge is 0.412 e. The number of hydrazine groups is 1. The first kappa shape index (κ1) is 27.2. The molecule has 0 saturated heterocycles. The van der Waals surface area contributed by atoms with Crippen LogP contribution in [-0.4, -0.2) is 40.6 Å². The molecule has 192 valence electrons. The number of nitrogens with one attached hydrogen (secondary N) is 2. The summed E-state index contributed by atoms with van der Waals surface area (Å²) in [4.78, 5) is 28.6. The highest BCUT2D eigenvalue weighted by molar-refractivity contribution is 6.31. The number of pyridine rings is 1. The molecule has 3 rings (SSSR count). The molecule has 0 spiro atoms. The van der Waals surface area contributed by atoms with E-state index in [1.54, 1.807) is 0 Å². The molecule has 0 aliphatic rings. The molecule has 3 aromatic rings. The Hall–Kier alpha value is -3.44. The first-order valence-corrected chi connectivity index (χ1v) is 11.1. The van der Waals surface area contributed by atoms with E-state index in [2.05, 4.69) is 15.7 Å². The first-order valence-electron chi connectivity index (χ1n) is 10.8. The van der Waals surface area contributed by atoms with E-state index in [1.165, 1.54) is 42.6 Å². The number of carbonyl (C=O) groups excluding carboxylic acids is 2. The fraction of sp³-hybridized carbons (Fsp3) is 0.292. The summed E-state index contributed by atoms with van der Waals surface area (Å²) in [6.45, 7) is 1.06. The largest absolute Gasteiger partial charge is 0.447 e. The summed E-state index contributed by atoms with van der Waals surface area (Å²) >= 11 is 5.92. The van der Waals surface area contributed by atoms with Gasteiger partial charge in [0.1, 0.15) is 24.1 Å². The molecule has 0 unspecified atom stereocenters. The molecule has 0 bridgehead atoms. The van der Waals surface area contributed by atoms with E-state index < -0.39 is 48.6 Å². The fourth-order valence-electron chi connectivity index (χ4n) is 3.48. The van der Waals surface area contributed by atoms with Gasteiger partial charge in [0, 0.05) is 31.5 Å². The summed E-state index contributed by atoms with van der Waals surface area (Å²) in [5, 5.41) is 4.18. The molecular formula is C24H23ClF4N4O3. The Balaban J connectivity index is 1.69. The van der Waals surface area contributed by atoms with Gasteiger partial charge in [-0.1, -0.05) is 23.7 Å². The predicted octanol–water partition coefficient (Wildman–Crippen LogP) is 5.68. The minimum atomic E-state index is -3.21. The lowest BCUT2D eigenvalue weighted by Gasteiger charge is -2.32. The summed E-state index contributed by atoms with van der Waals surface area (Å²) in [5.74, 6) is -4.94. The van der Waals surface area contributed by atoms with Crippen molar-refractivity contribution < 1.29 is 31.9 Å². The Bertz CT molecular complexity index is 1260. The van der Waals surface area contributed by atoms with E-state index >= 15 is 0 Å². The lowest BCUT2D eigenvalue weighted by atomic mass is 10.1. The average Bonchev–Trinajstić information content (AvgIpc) is 2.78. The zero-order chi connectivity index (χ0) is 26.5. The summed E-state index contributed by atoms with van der Waals surface area (Å²) < 4.78 is 60.1. The normalized spacial score (nSPS) is 12.3. The Kier molecular flexibility index (Phi) is 8.70. The van der Waals surface area contributed by atoms with Gasteiger partial charge >= 0.3 is 6.09 Å². The number of rotatable bonds is 9. The molecule has 0 fully saturated rings. The average molecular weight is 527 g/mol. The van der Waals surface area contributed by atoms with Crippen molar-refractivity contribution in [2.75, 3.05) is 11.9 Å². The van der Waals surface area contributed by atoms with E-state index in [1.807, 2.05) is 0 Å². The quantitative estimate of drug-likeness (QED) is 0.277. The second-order valence-corrected chi connectivity index (χ2v) is 8.53. The summed E-state index contributed by atoms with van der Waals surface area (Å²) in [6, 6.07) is 8.27. The monoisotopic (exact) mass is 526 g/mol. The molecule has 0 radical (unpaired) electrons. The van der Waals surface area contributed by atoms with Gasteiger partial charge in [-0.2, -0.15) is 0 Å². The van der Waals surface area contributed by atoms with Crippen LogP contribution >= 0.6 is 11.6 Å². The highest BCUT2D eigenvalue weighted by Crippen LogP contribution is 2.24. The number of carbonyl (C=O) groups is 2. The van der Waals surface area contributed by atoms with Gasteiger partial charge in [-0.05, 0) is 48.2 Å². The zero-order valence-corrected chi connectivity index (χ0v) is 20.1. The lowest BCUT2D eigenvalue weighted by molar-refractivity contribution is -0.139. The first-order chi connectivity index (χ1) is 16.9. The Morgan fingerprint density at radius 3 is 2.61 bits per heavy atom. The van der Waals surface area contributed by atoms with Crippen molar-refractivity contribution in [3.05, 3.63) is 70.9 Å². The number of anilines is 1. The molecule has 12 heteroatoms. The van der Waals surface area contributed by atoms with E-state index in [-0.39, 0.29) is 17.4 Å². The minimum absolute atomic E-state index is 0.0535. The standard InChI is InChI=1S/C24H23ClF4N4O3/c1-14(34)33(31-12-16-4-3-5-20(27)22(16)25)19(10-24(2,28)29)13-36-23(35)32-21-9-17-8-18(26)7-6-15(17)11-30-21/h3-9,11,19,31H,10,12-13H2,1-2H3,(H,30,32,35)/t19-/m0/s1. The van der Waals surface area contributed by atoms with Gasteiger partial charge in [0.2, 0.25) is 11.8 Å². The van der Waals surface area contributed by atoms with Crippen LogP contribution in [0.2, 0.25) is 5.02 Å². The number of alkyl halides is 2. The third kappa shape index (κ3) is 7.53. The van der Waals surface area contributed by atoms with Crippen molar-refractivity contribution in [1.29, 1.82) is 0 Å². The number of hydrogen-bond donors (Lipinski definition) is 2. The second-order valence-electron chi connectivity index (χ2n) is 8.15. The van der Waals surface area contributed by atoms with Crippen molar-refractivity contribution in [1.82, 2.24) is 15.4 Å². The van der Waals surface area contributed by atoms with Crippen LogP contribution in [0.15, 0.2) is 48.7 Å². The maximum Gasteiger partial charge on any atom is 0.412 e. The van der Waals surface area contributed by atoms with E-state index in [0.717, 1.165) is 18.0 Å². The van der Waals surface area contributed by atoms with E-state index in [4.69, 9.17) is 16.3 Å². The van der Waals surface area contributed by atoms with Crippen molar-refractivity contribution in [3.8, 4) is 0 Å². The molecule has 36 heavy (non-hydrogen) atoms. The van der Waals surface area contributed by atoms with Gasteiger partial charge in [0.05, 0.1) is 11.1 Å². The Morgan fingerprint density at radius 2 is 1.92 bits per heavy atom. The molecule has 1 heterocycles. The van der Waals surface area contributed by atoms with Crippen molar-refractivity contribution in [3.63, 3.8) is 0 Å². The number of ether oxygens (including phenoxy) is 1. The Morgan fingerprint density at radius 1 is 1.17 bits per heavy atom. The number of fused-ring (bicyclic) bond motifs is 1. The molecular weight excluding hydrogens is 504 g/mol. The van der Waals surface area contributed by atoms with Crippen LogP contribution in [0.5, 0.6) is 0 Å². The van der Waals surface area contributed by atoms with Crippen molar-refractivity contribution in [2.24, 2.45) is 0 Å². The number of halogens is 5. The van der Waals surface area contributed by atoms with Crippen LogP contribution < -0.4 is 10.7 Å². The number of nitrogens with zero attached hydrogens (tertiary/aromatic N) is 2. The number of aromatic nitrogens is 1. The van der Waals surface area contributed by atoms with Crippen LogP contribution in [0.1, 0.15) is 25.8 Å². The molecule has 7 nitrogen and oxygen atoms in total. The SMILES string of the molecule is CC(=O)N(NCc1cccc(F)c1Cl)[C@H](COC(=O)Nc1cc2cc(F)ccc2cn1)CC(C)(F)F. The summed E-state index contributed by atoms with van der Waals surface area (Å²) in [5.41, 5.74) is 2.96. The number of amides is 2. The number of benzene rings is 2. The number of hydrogen-bond acceptors (Lipinski definition) is 5. The third-order valence-corrected chi connectivity index (χ3v) is 5.51. The van der Waals surface area contributed by atoms with Crippen LogP contribution in [0.3, 0.4) is 0 Å². The molecule has 1 aromatic heterocycles. The third-order valence-electron chi connectivity index (χ3n) is 5.09. The summed E-state index contributed by atoms with van der Waals surface area (Å²) in [7, 11) is 0. The van der Waals surface area contributed by atoms with Gasteiger partial charge in [-0.3, -0.25) is 15.1 Å². The molecule has 2 N–H and O–H groups in total. The lowest BCUT2D eigenvalue weighted by Crippen LogP contribution is -2.52. The van der Waals surface area contributed by atoms with Crippen LogP contribution in [0.4, 0.5) is 28.2 Å². The van der Waals surface area contributed by atoms with Crippen molar-refractivity contribution >= 4 is 40.2 Å². The maximum absolute atomic E-state index is 13.9. The van der Waals surface area contributed by atoms with Crippen LogP contribution in [0, 0.1) is 11.6 Å². The van der Waals surface area contributed by atoms with Gasteiger partial charge in [-0.15, -0.1) is 0 Å². The second kappa shape index (κ2) is 11.5. The molecule has 1 atom stereocenters. The van der Waals surface area contributed by atoms with Crippen LogP contribution in [0.25, 0.3) is 10.8 Å². The topological polar surface area (TPSA) is 83.6 Å². The van der Waals surface area contributed by atoms with Crippen LogP contribution in [-0.2, 0) is 16.1 Å². The molecule has 2 aromatic carbocycles. The highest BCUT2D eigenvalue weighted by atomic mass is 35.5. The van der Waals surface area contributed by atoms with E-state index in [0.29, 0.717) is 23.3 Å². The highest BCUT2D eigenvalue weighted by Gasteiger charge is 2.33. The van der Waals surface area contributed by atoms with Crippen molar-refractivity contribution in [2.45, 2.75) is 38.8 Å². The summed E-state index contributed by atoms with van der Waals surface area (Å²) in [6.07, 6.45) is -0.430. The van der Waals surface area contributed by atoms with E-state index in [9.17, 15) is 27.2 Å². The van der Waals surface area contributed by atoms with Gasteiger partial charge in [0.15, 0.2) is 0 Å². The molecule has 0 aliphatic heterocycles. The molecule has 0 aliphatic carbocycles. The molecule has 0 saturated carbocycles. The maximum atomic E-state index is 13.9. The molecule has 2 amide bonds. The fourth-order valence-corrected chi connectivity index (χ4v) is 3.68. The van der Waals surface area contributed by atoms with Gasteiger partial charge in [0.25, 0.3) is 0 Å². The predicted molar refractivity (Wildman–Crippen MR) is 126 cm³/mol. The van der Waals surface area contributed by atoms with Gasteiger partial charge < -0.3 is 4.74 Å². The minimum Gasteiger partial charge on any atom is -0.447 e. The van der Waals surface area contributed by atoms with Gasteiger partial charge in [-0.25, -0.2) is 32.8 Å². The Labute approximate surface area is 209 Å².